The van der Waals surface area contributed by atoms with E-state index in [1.165, 1.54) is 23.1 Å². The zero-order valence-corrected chi connectivity index (χ0v) is 14.3. The van der Waals surface area contributed by atoms with Crippen molar-refractivity contribution in [3.8, 4) is 0 Å². The Balaban J connectivity index is 1.86. The molecule has 136 valence electrons. The fourth-order valence-electron chi connectivity index (χ4n) is 2.99. The van der Waals surface area contributed by atoms with E-state index in [4.69, 9.17) is 5.73 Å². The van der Waals surface area contributed by atoms with Gasteiger partial charge in [0.25, 0.3) is 11.8 Å². The van der Waals surface area contributed by atoms with Crippen LogP contribution in [0, 0.1) is 5.82 Å². The summed E-state index contributed by atoms with van der Waals surface area (Å²) in [5, 5.41) is 2.59. The van der Waals surface area contributed by atoms with Crippen molar-refractivity contribution in [3.05, 3.63) is 30.1 Å². The van der Waals surface area contributed by atoms with Crippen LogP contribution < -0.4 is 16.0 Å². The number of carbonyl (C=O) groups excluding carboxylic acids is 3. The number of halogens is 1. The topological polar surface area (TPSA) is 96.9 Å². The number of anilines is 1. The number of rotatable bonds is 6. The third-order valence-electron chi connectivity index (χ3n) is 4.18. The number of primary amides is 1. The maximum Gasteiger partial charge on any atom is 0.279 e. The van der Waals surface area contributed by atoms with Gasteiger partial charge in [0.2, 0.25) is 5.91 Å². The molecule has 1 aromatic carbocycles. The third-order valence-corrected chi connectivity index (χ3v) is 4.18. The highest BCUT2D eigenvalue weighted by molar-refractivity contribution is 5.91. The van der Waals surface area contributed by atoms with Crippen molar-refractivity contribution in [2.75, 3.05) is 32.0 Å². The van der Waals surface area contributed by atoms with E-state index in [1.807, 2.05) is 0 Å². The molecule has 1 unspecified atom stereocenters. The van der Waals surface area contributed by atoms with Crippen LogP contribution in [-0.2, 0) is 14.4 Å². The summed E-state index contributed by atoms with van der Waals surface area (Å²) < 4.78 is 13.1. The minimum absolute atomic E-state index is 0.0529. The first-order valence-electron chi connectivity index (χ1n) is 8.32. The molecule has 4 N–H and O–H groups in total. The van der Waals surface area contributed by atoms with Crippen molar-refractivity contribution in [2.24, 2.45) is 5.73 Å². The monoisotopic (exact) mass is 351 g/mol. The largest absolute Gasteiger partial charge is 0.368 e. The Bertz CT molecular complexity index is 653. The fraction of sp³-hybridized carbons (Fsp3) is 0.471. The molecule has 3 amide bonds. The molecule has 25 heavy (non-hydrogen) atoms. The van der Waals surface area contributed by atoms with E-state index < -0.39 is 17.8 Å². The number of nitrogens with zero attached hydrogens (tertiary/aromatic N) is 1. The Morgan fingerprint density at radius 2 is 2.08 bits per heavy atom. The molecule has 2 atom stereocenters. The molecule has 1 saturated heterocycles. The second-order valence-corrected chi connectivity index (χ2v) is 6.37. The van der Waals surface area contributed by atoms with Crippen LogP contribution in [0.15, 0.2) is 24.3 Å². The molecule has 1 fully saturated rings. The van der Waals surface area contributed by atoms with Crippen molar-refractivity contribution < 1.29 is 23.7 Å². The van der Waals surface area contributed by atoms with Crippen molar-refractivity contribution in [1.82, 2.24) is 4.90 Å². The van der Waals surface area contributed by atoms with E-state index in [0.717, 1.165) is 12.8 Å². The average molecular weight is 351 g/mol. The molecule has 0 aromatic heterocycles. The minimum atomic E-state index is -0.560. The lowest BCUT2D eigenvalue weighted by molar-refractivity contribution is -0.862. The lowest BCUT2D eigenvalue weighted by atomic mass is 10.0. The number of hydrogen-bond donors (Lipinski definition) is 3. The Labute approximate surface area is 145 Å². The average Bonchev–Trinajstić information content (AvgIpc) is 2.54. The van der Waals surface area contributed by atoms with Gasteiger partial charge >= 0.3 is 0 Å². The van der Waals surface area contributed by atoms with E-state index in [0.29, 0.717) is 23.6 Å². The molecule has 1 aliphatic heterocycles. The lowest BCUT2D eigenvalue weighted by Gasteiger charge is -2.33. The highest BCUT2D eigenvalue weighted by Gasteiger charge is 2.32. The Kier molecular flexibility index (Phi) is 6.46. The molecule has 1 aliphatic rings. The number of piperidine rings is 1. The second kappa shape index (κ2) is 8.57. The first-order chi connectivity index (χ1) is 11.9. The molecule has 0 aliphatic carbocycles. The normalized spacial score (nSPS) is 18.5. The number of amides is 3. The number of benzene rings is 1. The van der Waals surface area contributed by atoms with Crippen LogP contribution in [0.25, 0.3) is 0 Å². The molecule has 1 aromatic rings. The van der Waals surface area contributed by atoms with Gasteiger partial charge < -0.3 is 20.9 Å². The summed E-state index contributed by atoms with van der Waals surface area (Å²) in [4.78, 5) is 38.1. The number of likely N-dealkylation sites (tertiary alicyclic amines) is 1. The number of carbonyl (C=O) groups is 3. The summed E-state index contributed by atoms with van der Waals surface area (Å²) >= 11 is 0. The van der Waals surface area contributed by atoms with Crippen LogP contribution >= 0.6 is 0 Å². The van der Waals surface area contributed by atoms with Crippen LogP contribution in [0.1, 0.15) is 19.3 Å². The Hall–Kier alpha value is -2.48. The maximum atomic E-state index is 13.1. The number of hydrogen-bond acceptors (Lipinski definition) is 3. The molecule has 0 radical (unpaired) electrons. The number of nitrogens with one attached hydrogen (secondary N) is 2. The number of quaternary nitrogens is 1. The predicted octanol–water partition coefficient (Wildman–Crippen LogP) is -0.855. The van der Waals surface area contributed by atoms with E-state index in [2.05, 4.69) is 5.32 Å². The molecule has 8 heteroatoms. The standard InChI is InChI=1S/C17H23FN4O3/c1-21(10-15(23)20-13-6-4-5-12(18)9-13)11-16(24)22-8-3-2-7-14(22)17(19)25/h4-6,9,14H,2-3,7-8,10-11H2,1H3,(H2,19,25)(H,20,23)/p+1/t14-/m0/s1. The minimum Gasteiger partial charge on any atom is -0.368 e. The summed E-state index contributed by atoms with van der Waals surface area (Å²) in [6.07, 6.45) is 2.30. The van der Waals surface area contributed by atoms with Gasteiger partial charge in [-0.05, 0) is 37.5 Å². The predicted molar refractivity (Wildman–Crippen MR) is 90.2 cm³/mol. The maximum absolute atomic E-state index is 13.1. The van der Waals surface area contributed by atoms with Gasteiger partial charge in [-0.2, -0.15) is 0 Å². The van der Waals surface area contributed by atoms with Crippen molar-refractivity contribution in [2.45, 2.75) is 25.3 Å². The summed E-state index contributed by atoms with van der Waals surface area (Å²) in [5.74, 6) is -1.44. The first-order valence-corrected chi connectivity index (χ1v) is 8.32. The van der Waals surface area contributed by atoms with Crippen LogP contribution in [0.3, 0.4) is 0 Å². The fourth-order valence-corrected chi connectivity index (χ4v) is 2.99. The Morgan fingerprint density at radius 3 is 2.76 bits per heavy atom. The molecular weight excluding hydrogens is 327 g/mol. The van der Waals surface area contributed by atoms with E-state index >= 15 is 0 Å². The third kappa shape index (κ3) is 5.53. The van der Waals surface area contributed by atoms with E-state index in [-0.39, 0.29) is 24.9 Å². The summed E-state index contributed by atoms with van der Waals surface area (Å²) in [6.45, 7) is 0.646. The molecule has 0 bridgehead atoms. The van der Waals surface area contributed by atoms with Gasteiger partial charge in [0.15, 0.2) is 13.1 Å². The van der Waals surface area contributed by atoms with Crippen LogP contribution in [0.4, 0.5) is 10.1 Å². The van der Waals surface area contributed by atoms with Gasteiger partial charge in [-0.1, -0.05) is 6.07 Å². The molecular formula is C17H24FN4O3+. The zero-order valence-electron chi connectivity index (χ0n) is 14.3. The summed E-state index contributed by atoms with van der Waals surface area (Å²) in [5.41, 5.74) is 5.74. The van der Waals surface area contributed by atoms with Gasteiger partial charge in [0.05, 0.1) is 7.05 Å². The quantitative estimate of drug-likeness (QED) is 0.623. The van der Waals surface area contributed by atoms with Gasteiger partial charge in [-0.15, -0.1) is 0 Å². The van der Waals surface area contributed by atoms with Gasteiger partial charge in [-0.25, -0.2) is 4.39 Å². The van der Waals surface area contributed by atoms with Gasteiger partial charge in [0, 0.05) is 12.2 Å². The molecule has 1 heterocycles. The van der Waals surface area contributed by atoms with Crippen LogP contribution in [0.2, 0.25) is 0 Å². The zero-order chi connectivity index (χ0) is 18.4. The number of nitrogens with two attached hydrogens (primary N) is 1. The van der Waals surface area contributed by atoms with Crippen LogP contribution in [-0.4, -0.2) is 55.3 Å². The van der Waals surface area contributed by atoms with Gasteiger partial charge in [0.1, 0.15) is 11.9 Å². The first kappa shape index (κ1) is 18.9. The summed E-state index contributed by atoms with van der Waals surface area (Å²) in [6, 6.07) is 5.05. The lowest BCUT2D eigenvalue weighted by Crippen LogP contribution is -3.11. The van der Waals surface area contributed by atoms with Crippen molar-refractivity contribution >= 4 is 23.4 Å². The molecule has 0 saturated carbocycles. The Morgan fingerprint density at radius 1 is 1.32 bits per heavy atom. The molecule has 0 spiro atoms. The van der Waals surface area contributed by atoms with Gasteiger partial charge in [-0.3, -0.25) is 14.4 Å². The van der Waals surface area contributed by atoms with Crippen LogP contribution in [0.5, 0.6) is 0 Å². The highest BCUT2D eigenvalue weighted by atomic mass is 19.1. The van der Waals surface area contributed by atoms with E-state index in [9.17, 15) is 18.8 Å². The second-order valence-electron chi connectivity index (χ2n) is 6.37. The smallest absolute Gasteiger partial charge is 0.279 e. The van der Waals surface area contributed by atoms with E-state index in [1.54, 1.807) is 13.1 Å². The summed E-state index contributed by atoms with van der Waals surface area (Å²) in [7, 11) is 1.71. The highest BCUT2D eigenvalue weighted by Crippen LogP contribution is 2.16. The molecule has 7 nitrogen and oxygen atoms in total. The SMILES string of the molecule is C[NH+](CC(=O)Nc1cccc(F)c1)CC(=O)N1CCCC[C@H]1C(N)=O. The van der Waals surface area contributed by atoms with Crippen molar-refractivity contribution in [3.63, 3.8) is 0 Å². The molecule has 2 rings (SSSR count). The van der Waals surface area contributed by atoms with Crippen molar-refractivity contribution in [1.29, 1.82) is 0 Å². The number of likely N-dealkylation sites (N-methyl/N-ethyl adjacent to an activating group) is 1.